The molecule has 8 nitrogen and oxygen atoms in total. The molecule has 0 radical (unpaired) electrons. The van der Waals surface area contributed by atoms with Crippen molar-refractivity contribution in [1.29, 1.82) is 0 Å². The Morgan fingerprint density at radius 2 is 1.96 bits per heavy atom. The van der Waals surface area contributed by atoms with Crippen molar-refractivity contribution < 1.29 is 23.6 Å². The predicted molar refractivity (Wildman–Crippen MR) is 104 cm³/mol. The summed E-state index contributed by atoms with van der Waals surface area (Å²) in [7, 11) is 1.66. The average molecular weight is 384 g/mol. The van der Waals surface area contributed by atoms with Crippen LogP contribution in [0.15, 0.2) is 53.1 Å². The Hall–Kier alpha value is -3.39. The number of hydrogen-bond donors (Lipinski definition) is 0. The van der Waals surface area contributed by atoms with E-state index in [2.05, 4.69) is 4.90 Å². The van der Waals surface area contributed by atoms with Gasteiger partial charge in [0.15, 0.2) is 6.26 Å². The van der Waals surface area contributed by atoms with Gasteiger partial charge in [0.05, 0.1) is 17.1 Å². The molecule has 3 rings (SSSR count). The van der Waals surface area contributed by atoms with E-state index in [0.29, 0.717) is 17.8 Å². The lowest BCUT2D eigenvalue weighted by molar-refractivity contribution is -0.383. The first-order chi connectivity index (χ1) is 13.5. The maximum Gasteiger partial charge on any atom is 0.343 e. The minimum absolute atomic E-state index is 0.173. The highest BCUT2D eigenvalue weighted by Crippen LogP contribution is 2.31. The molecule has 2 aromatic carbocycles. The summed E-state index contributed by atoms with van der Waals surface area (Å²) in [5, 5.41) is 11.3. The summed E-state index contributed by atoms with van der Waals surface area (Å²) in [5.41, 5.74) is 1.54. The highest BCUT2D eigenvalue weighted by Gasteiger charge is 2.18. The molecule has 0 saturated heterocycles. The van der Waals surface area contributed by atoms with Crippen LogP contribution in [0.5, 0.6) is 5.75 Å². The third-order valence-electron chi connectivity index (χ3n) is 4.35. The van der Waals surface area contributed by atoms with E-state index in [1.807, 2.05) is 19.1 Å². The molecule has 0 fully saturated rings. The molecule has 0 aliphatic carbocycles. The number of carbonyl (C=O) groups excluding carboxylic acids is 1. The van der Waals surface area contributed by atoms with Crippen molar-refractivity contribution in [3.05, 3.63) is 64.4 Å². The third kappa shape index (κ3) is 4.12. The van der Waals surface area contributed by atoms with Gasteiger partial charge in [0.1, 0.15) is 16.7 Å². The summed E-state index contributed by atoms with van der Waals surface area (Å²) in [6, 6.07) is 11.6. The van der Waals surface area contributed by atoms with Gasteiger partial charge in [0.2, 0.25) is 0 Å². The number of fused-ring (bicyclic) bond motifs is 1. The molecule has 0 amide bonds. The summed E-state index contributed by atoms with van der Waals surface area (Å²) >= 11 is 0. The summed E-state index contributed by atoms with van der Waals surface area (Å²) in [4.78, 5) is 25.0. The Labute approximate surface area is 161 Å². The van der Waals surface area contributed by atoms with Crippen molar-refractivity contribution in [2.75, 3.05) is 31.7 Å². The lowest BCUT2D eigenvalue weighted by atomic mass is 10.2. The van der Waals surface area contributed by atoms with Gasteiger partial charge in [-0.15, -0.1) is 0 Å². The van der Waals surface area contributed by atoms with E-state index < -0.39 is 10.9 Å². The molecule has 3 aromatic rings. The number of furan rings is 1. The van der Waals surface area contributed by atoms with Gasteiger partial charge in [-0.25, -0.2) is 4.79 Å². The van der Waals surface area contributed by atoms with Crippen LogP contribution in [0, 0.1) is 10.1 Å². The van der Waals surface area contributed by atoms with Crippen molar-refractivity contribution in [2.45, 2.75) is 6.92 Å². The Morgan fingerprint density at radius 1 is 1.21 bits per heavy atom. The number of benzene rings is 2. The molecule has 0 N–H and O–H groups in total. The smallest absolute Gasteiger partial charge is 0.343 e. The van der Waals surface area contributed by atoms with Crippen molar-refractivity contribution in [1.82, 2.24) is 0 Å². The highest BCUT2D eigenvalue weighted by molar-refractivity contribution is 5.93. The number of hydrogen-bond acceptors (Lipinski definition) is 7. The second-order valence-electron chi connectivity index (χ2n) is 6.04. The van der Waals surface area contributed by atoms with Crippen LogP contribution in [0.25, 0.3) is 11.0 Å². The maximum absolute atomic E-state index is 12.4. The van der Waals surface area contributed by atoms with E-state index in [1.54, 1.807) is 19.2 Å². The van der Waals surface area contributed by atoms with Crippen LogP contribution in [0.2, 0.25) is 0 Å². The number of anilines is 1. The molecule has 0 aliphatic heterocycles. The van der Waals surface area contributed by atoms with Crippen LogP contribution in [0.1, 0.15) is 17.3 Å². The molecule has 146 valence electrons. The van der Waals surface area contributed by atoms with Gasteiger partial charge in [-0.2, -0.15) is 0 Å². The van der Waals surface area contributed by atoms with E-state index in [0.717, 1.165) is 25.0 Å². The predicted octanol–water partition coefficient (Wildman–Crippen LogP) is 4.03. The number of esters is 1. The van der Waals surface area contributed by atoms with Crippen molar-refractivity contribution >= 4 is 28.3 Å². The second kappa shape index (κ2) is 8.53. The number of carbonyl (C=O) groups is 1. The van der Waals surface area contributed by atoms with Gasteiger partial charge < -0.3 is 18.8 Å². The largest absolute Gasteiger partial charge is 0.457 e. The normalized spacial score (nSPS) is 10.8. The molecule has 0 atom stereocenters. The molecular formula is C20H20N2O6. The number of likely N-dealkylation sites (N-methyl/N-ethyl adjacent to an activating group) is 1. The SMILES string of the molecule is CCN(CCOC)c1ccc(C(=O)Oc2ccc3occ([N+](=O)[O-])c3c2)cc1. The quantitative estimate of drug-likeness (QED) is 0.250. The molecule has 1 heterocycles. The molecule has 0 aliphatic rings. The topological polar surface area (TPSA) is 95.0 Å². The van der Waals surface area contributed by atoms with Crippen molar-refractivity contribution in [2.24, 2.45) is 0 Å². The van der Waals surface area contributed by atoms with E-state index >= 15 is 0 Å². The molecule has 1 aromatic heterocycles. The third-order valence-corrected chi connectivity index (χ3v) is 4.35. The zero-order valence-corrected chi connectivity index (χ0v) is 15.6. The number of methoxy groups -OCH3 is 1. The lowest BCUT2D eigenvalue weighted by Crippen LogP contribution is -2.26. The zero-order valence-electron chi connectivity index (χ0n) is 15.6. The molecular weight excluding hydrogens is 364 g/mol. The number of rotatable bonds is 8. The first-order valence-corrected chi connectivity index (χ1v) is 8.75. The average Bonchev–Trinajstić information content (AvgIpc) is 3.12. The first-order valence-electron chi connectivity index (χ1n) is 8.75. The van der Waals surface area contributed by atoms with Gasteiger partial charge in [0, 0.05) is 25.9 Å². The maximum atomic E-state index is 12.4. The number of nitrogens with zero attached hydrogens (tertiary/aromatic N) is 2. The standard InChI is InChI=1S/C20H20N2O6/c1-3-21(10-11-26-2)15-6-4-14(5-7-15)20(23)28-16-8-9-19-17(12-16)18(13-27-19)22(24)25/h4-9,12-13H,3,10-11H2,1-2H3. The van der Waals surface area contributed by atoms with Gasteiger partial charge in [0.25, 0.3) is 0 Å². The van der Waals surface area contributed by atoms with Gasteiger partial charge in [-0.1, -0.05) is 0 Å². The Bertz CT molecular complexity index is 980. The molecule has 28 heavy (non-hydrogen) atoms. The van der Waals surface area contributed by atoms with Gasteiger partial charge in [-0.3, -0.25) is 10.1 Å². The summed E-state index contributed by atoms with van der Waals surface area (Å²) < 4.78 is 15.6. The van der Waals surface area contributed by atoms with Crippen LogP contribution in [0.4, 0.5) is 11.4 Å². The van der Waals surface area contributed by atoms with Crippen LogP contribution in [-0.2, 0) is 4.74 Å². The monoisotopic (exact) mass is 384 g/mol. The van der Waals surface area contributed by atoms with E-state index in [4.69, 9.17) is 13.9 Å². The Kier molecular flexibility index (Phi) is 5.90. The van der Waals surface area contributed by atoms with E-state index in [9.17, 15) is 14.9 Å². The van der Waals surface area contributed by atoms with Crippen LogP contribution in [-0.4, -0.2) is 37.7 Å². The summed E-state index contributed by atoms with van der Waals surface area (Å²) in [5.74, 6) is -0.335. The van der Waals surface area contributed by atoms with Crippen LogP contribution in [0.3, 0.4) is 0 Å². The van der Waals surface area contributed by atoms with Crippen LogP contribution >= 0.6 is 0 Å². The number of ether oxygens (including phenoxy) is 2. The van der Waals surface area contributed by atoms with Gasteiger partial charge >= 0.3 is 11.7 Å². The molecule has 0 unspecified atom stereocenters. The van der Waals surface area contributed by atoms with Crippen molar-refractivity contribution in [3.8, 4) is 5.75 Å². The lowest BCUT2D eigenvalue weighted by Gasteiger charge is -2.22. The minimum Gasteiger partial charge on any atom is -0.457 e. The van der Waals surface area contributed by atoms with E-state index in [-0.39, 0.29) is 16.8 Å². The molecule has 0 bridgehead atoms. The fourth-order valence-electron chi connectivity index (χ4n) is 2.85. The van der Waals surface area contributed by atoms with E-state index in [1.165, 1.54) is 18.2 Å². The van der Waals surface area contributed by atoms with Crippen molar-refractivity contribution in [3.63, 3.8) is 0 Å². The number of nitro groups is 1. The second-order valence-corrected chi connectivity index (χ2v) is 6.04. The molecule has 8 heteroatoms. The van der Waals surface area contributed by atoms with Gasteiger partial charge in [-0.05, 0) is 49.4 Å². The Balaban J connectivity index is 1.75. The molecule has 0 saturated carbocycles. The fraction of sp³-hybridized carbons (Fsp3) is 0.250. The summed E-state index contributed by atoms with van der Waals surface area (Å²) in [6.07, 6.45) is 1.07. The first kappa shape index (κ1) is 19.4. The minimum atomic E-state index is -0.544. The van der Waals surface area contributed by atoms with Crippen LogP contribution < -0.4 is 9.64 Å². The Morgan fingerprint density at radius 3 is 2.61 bits per heavy atom. The highest BCUT2D eigenvalue weighted by atomic mass is 16.6. The molecule has 0 spiro atoms. The zero-order chi connectivity index (χ0) is 20.1. The summed E-state index contributed by atoms with van der Waals surface area (Å²) in [6.45, 7) is 4.22. The fourth-order valence-corrected chi connectivity index (χ4v) is 2.85.